The number of rotatable bonds is 3. The fourth-order valence-electron chi connectivity index (χ4n) is 3.53. The Hall–Kier alpha value is -1.63. The highest BCUT2D eigenvalue weighted by molar-refractivity contribution is 6.09. The number of nitrogens with zero attached hydrogens (tertiary/aromatic N) is 1. The molecule has 0 aromatic heterocycles. The van der Waals surface area contributed by atoms with Crippen LogP contribution in [0.2, 0.25) is 0 Å². The van der Waals surface area contributed by atoms with Gasteiger partial charge in [-0.3, -0.25) is 14.5 Å². The van der Waals surface area contributed by atoms with E-state index in [-0.39, 0.29) is 24.4 Å². The first-order valence-electron chi connectivity index (χ1n) is 7.75. The second-order valence-corrected chi connectivity index (χ2v) is 6.22. The maximum atomic E-state index is 12.4. The molecule has 3 rings (SSSR count). The zero-order chi connectivity index (χ0) is 14.9. The van der Waals surface area contributed by atoms with Crippen LogP contribution in [0.15, 0.2) is 0 Å². The highest BCUT2D eigenvalue weighted by atomic mass is 16.2. The second kappa shape index (κ2) is 5.63. The van der Waals surface area contributed by atoms with E-state index in [0.29, 0.717) is 12.8 Å². The van der Waals surface area contributed by atoms with E-state index in [9.17, 15) is 14.4 Å². The smallest absolute Gasteiger partial charge is 0.325 e. The van der Waals surface area contributed by atoms with Crippen LogP contribution in [0, 0.1) is 0 Å². The van der Waals surface area contributed by atoms with Crippen molar-refractivity contribution in [2.45, 2.75) is 50.1 Å². The number of piperidine rings is 1. The molecule has 0 radical (unpaired) electrons. The SMILES string of the molecule is O=C(CN1C(=O)NC2(CCCC2)C1=O)N[C@H]1CCCNC1. The van der Waals surface area contributed by atoms with Crippen LogP contribution in [0.4, 0.5) is 4.79 Å². The molecule has 0 aromatic carbocycles. The first-order valence-corrected chi connectivity index (χ1v) is 7.75. The third-order valence-corrected chi connectivity index (χ3v) is 4.67. The van der Waals surface area contributed by atoms with Crippen LogP contribution < -0.4 is 16.0 Å². The topological polar surface area (TPSA) is 90.5 Å². The first-order chi connectivity index (χ1) is 10.1. The van der Waals surface area contributed by atoms with E-state index in [1.165, 1.54) is 0 Å². The maximum Gasteiger partial charge on any atom is 0.325 e. The number of hydrogen-bond donors (Lipinski definition) is 3. The molecule has 1 atom stereocenters. The Labute approximate surface area is 123 Å². The summed E-state index contributed by atoms with van der Waals surface area (Å²) >= 11 is 0. The van der Waals surface area contributed by atoms with E-state index in [1.54, 1.807) is 0 Å². The van der Waals surface area contributed by atoms with Crippen molar-refractivity contribution in [3.8, 4) is 0 Å². The minimum atomic E-state index is -0.732. The lowest BCUT2D eigenvalue weighted by Gasteiger charge is -2.25. The summed E-state index contributed by atoms with van der Waals surface area (Å²) in [6.45, 7) is 1.54. The van der Waals surface area contributed by atoms with Gasteiger partial charge in [-0.1, -0.05) is 12.8 Å². The molecule has 0 unspecified atom stereocenters. The van der Waals surface area contributed by atoms with Gasteiger partial charge in [0.25, 0.3) is 5.91 Å². The molecule has 2 heterocycles. The number of carbonyl (C=O) groups is 3. The van der Waals surface area contributed by atoms with E-state index in [1.807, 2.05) is 0 Å². The summed E-state index contributed by atoms with van der Waals surface area (Å²) in [7, 11) is 0. The zero-order valence-electron chi connectivity index (χ0n) is 12.1. The molecular weight excluding hydrogens is 272 g/mol. The fraction of sp³-hybridized carbons (Fsp3) is 0.786. The molecule has 0 bridgehead atoms. The van der Waals surface area contributed by atoms with Crippen LogP contribution in [0.5, 0.6) is 0 Å². The highest BCUT2D eigenvalue weighted by Crippen LogP contribution is 2.34. The van der Waals surface area contributed by atoms with E-state index in [4.69, 9.17) is 0 Å². The fourth-order valence-corrected chi connectivity index (χ4v) is 3.53. The van der Waals surface area contributed by atoms with Gasteiger partial charge in [-0.05, 0) is 32.2 Å². The van der Waals surface area contributed by atoms with Crippen molar-refractivity contribution in [1.82, 2.24) is 20.9 Å². The Kier molecular flexibility index (Phi) is 3.84. The van der Waals surface area contributed by atoms with Crippen molar-refractivity contribution in [3.63, 3.8) is 0 Å². The normalized spacial score (nSPS) is 28.0. The summed E-state index contributed by atoms with van der Waals surface area (Å²) in [4.78, 5) is 37.5. The predicted molar refractivity (Wildman–Crippen MR) is 75.5 cm³/mol. The van der Waals surface area contributed by atoms with Gasteiger partial charge in [0.1, 0.15) is 12.1 Å². The van der Waals surface area contributed by atoms with Gasteiger partial charge in [-0.2, -0.15) is 0 Å². The van der Waals surface area contributed by atoms with Gasteiger partial charge in [0.2, 0.25) is 5.91 Å². The molecule has 7 heteroatoms. The molecule has 1 saturated carbocycles. The average molecular weight is 294 g/mol. The van der Waals surface area contributed by atoms with Crippen LogP contribution >= 0.6 is 0 Å². The lowest BCUT2D eigenvalue weighted by Crippen LogP contribution is -2.50. The summed E-state index contributed by atoms with van der Waals surface area (Å²) < 4.78 is 0. The lowest BCUT2D eigenvalue weighted by molar-refractivity contribution is -0.135. The lowest BCUT2D eigenvalue weighted by atomic mass is 9.98. The van der Waals surface area contributed by atoms with E-state index < -0.39 is 11.6 Å². The number of hydrogen-bond acceptors (Lipinski definition) is 4. The van der Waals surface area contributed by atoms with Gasteiger partial charge in [0.15, 0.2) is 0 Å². The summed E-state index contributed by atoms with van der Waals surface area (Å²) in [6, 6.07) is -0.341. The van der Waals surface area contributed by atoms with E-state index >= 15 is 0 Å². The standard InChI is InChI=1S/C14H22N4O3/c19-11(16-10-4-3-7-15-8-10)9-18-12(20)14(17-13(18)21)5-1-2-6-14/h10,15H,1-9H2,(H,16,19)(H,17,21)/t10-/m0/s1. The Bertz CT molecular complexity index is 453. The van der Waals surface area contributed by atoms with Gasteiger partial charge in [-0.25, -0.2) is 4.79 Å². The van der Waals surface area contributed by atoms with Crippen molar-refractivity contribution in [2.24, 2.45) is 0 Å². The summed E-state index contributed by atoms with van der Waals surface area (Å²) in [6.07, 6.45) is 5.21. The zero-order valence-corrected chi connectivity index (χ0v) is 12.1. The monoisotopic (exact) mass is 294 g/mol. The molecule has 2 aliphatic heterocycles. The Morgan fingerprint density at radius 1 is 1.29 bits per heavy atom. The van der Waals surface area contributed by atoms with Gasteiger partial charge in [0.05, 0.1) is 0 Å². The van der Waals surface area contributed by atoms with E-state index in [0.717, 1.165) is 43.7 Å². The summed E-state index contributed by atoms with van der Waals surface area (Å²) in [5, 5.41) is 8.89. The van der Waals surface area contributed by atoms with Crippen LogP contribution in [0.1, 0.15) is 38.5 Å². The molecule has 3 N–H and O–H groups in total. The molecule has 21 heavy (non-hydrogen) atoms. The number of urea groups is 1. The molecular formula is C14H22N4O3. The van der Waals surface area contributed by atoms with Crippen LogP contribution in [-0.4, -0.2) is 54.0 Å². The molecule has 7 nitrogen and oxygen atoms in total. The van der Waals surface area contributed by atoms with Gasteiger partial charge >= 0.3 is 6.03 Å². The average Bonchev–Trinajstić information content (AvgIpc) is 3.02. The highest BCUT2D eigenvalue weighted by Gasteiger charge is 2.52. The number of imide groups is 1. The number of carbonyl (C=O) groups excluding carboxylic acids is 3. The summed E-state index contributed by atoms with van der Waals surface area (Å²) in [5.41, 5.74) is -0.732. The number of nitrogens with one attached hydrogen (secondary N) is 3. The van der Waals surface area contributed by atoms with Crippen molar-refractivity contribution in [1.29, 1.82) is 0 Å². The quantitative estimate of drug-likeness (QED) is 0.624. The molecule has 1 spiro atoms. The van der Waals surface area contributed by atoms with Crippen LogP contribution in [0.25, 0.3) is 0 Å². The van der Waals surface area contributed by atoms with Gasteiger partial charge in [0, 0.05) is 12.6 Å². The maximum absolute atomic E-state index is 12.4. The minimum absolute atomic E-state index is 0.0902. The van der Waals surface area contributed by atoms with Crippen LogP contribution in [0.3, 0.4) is 0 Å². The second-order valence-electron chi connectivity index (χ2n) is 6.22. The predicted octanol–water partition coefficient (Wildman–Crippen LogP) is -0.281. The molecule has 4 amide bonds. The Morgan fingerprint density at radius 3 is 2.71 bits per heavy atom. The molecule has 3 aliphatic rings. The molecule has 3 fully saturated rings. The first kappa shape index (κ1) is 14.3. The Balaban J connectivity index is 1.58. The molecule has 0 aromatic rings. The van der Waals surface area contributed by atoms with Crippen molar-refractivity contribution >= 4 is 17.8 Å². The largest absolute Gasteiger partial charge is 0.351 e. The summed E-state index contributed by atoms with van der Waals surface area (Å²) in [5.74, 6) is -0.496. The third-order valence-electron chi connectivity index (χ3n) is 4.67. The van der Waals surface area contributed by atoms with Crippen molar-refractivity contribution in [2.75, 3.05) is 19.6 Å². The van der Waals surface area contributed by atoms with Crippen molar-refractivity contribution < 1.29 is 14.4 Å². The van der Waals surface area contributed by atoms with Gasteiger partial charge < -0.3 is 16.0 Å². The molecule has 2 saturated heterocycles. The molecule has 1 aliphatic carbocycles. The number of amides is 4. The minimum Gasteiger partial charge on any atom is -0.351 e. The van der Waals surface area contributed by atoms with Crippen LogP contribution in [-0.2, 0) is 9.59 Å². The molecule has 116 valence electrons. The third kappa shape index (κ3) is 2.74. The van der Waals surface area contributed by atoms with Crippen molar-refractivity contribution in [3.05, 3.63) is 0 Å². The Morgan fingerprint density at radius 2 is 2.05 bits per heavy atom. The van der Waals surface area contributed by atoms with Gasteiger partial charge in [-0.15, -0.1) is 0 Å². The van der Waals surface area contributed by atoms with E-state index in [2.05, 4.69) is 16.0 Å².